The number of aryl methyl sites for hydroxylation is 1. The summed E-state index contributed by atoms with van der Waals surface area (Å²) in [7, 11) is 1.17. The number of esters is 1. The van der Waals surface area contributed by atoms with Crippen LogP contribution in [0.25, 0.3) is 0 Å². The lowest BCUT2D eigenvalue weighted by atomic mass is 10.1. The Kier molecular flexibility index (Phi) is 6.73. The highest BCUT2D eigenvalue weighted by Gasteiger charge is 2.39. The van der Waals surface area contributed by atoms with Crippen molar-refractivity contribution >= 4 is 50.1 Å². The highest BCUT2D eigenvalue weighted by molar-refractivity contribution is 9.10. The molecule has 0 aliphatic carbocycles. The van der Waals surface area contributed by atoms with Crippen LogP contribution in [0.4, 0.5) is 18.2 Å². The van der Waals surface area contributed by atoms with Gasteiger partial charge in [-0.05, 0) is 34.8 Å². The van der Waals surface area contributed by atoms with Gasteiger partial charge in [0.25, 0.3) is 11.8 Å². The molecule has 13 heteroatoms. The maximum Gasteiger partial charge on any atom is 0.436 e. The number of nitrogens with two attached hydrogens (primary N) is 1. The van der Waals surface area contributed by atoms with Crippen molar-refractivity contribution in [2.75, 3.05) is 11.9 Å². The van der Waals surface area contributed by atoms with E-state index < -0.39 is 39.8 Å². The largest absolute Gasteiger partial charge is 0.462 e. The number of primary amides is 1. The van der Waals surface area contributed by atoms with Gasteiger partial charge in [-0.3, -0.25) is 14.3 Å². The predicted octanol–water partition coefficient (Wildman–Crippen LogP) is 3.49. The van der Waals surface area contributed by atoms with Crippen molar-refractivity contribution in [3.8, 4) is 0 Å². The number of anilines is 1. The fourth-order valence-electron chi connectivity index (χ4n) is 2.44. The van der Waals surface area contributed by atoms with Gasteiger partial charge in [0, 0.05) is 7.05 Å². The molecule has 0 unspecified atom stereocenters. The van der Waals surface area contributed by atoms with Crippen LogP contribution in [0.15, 0.2) is 4.47 Å². The van der Waals surface area contributed by atoms with Crippen molar-refractivity contribution in [2.24, 2.45) is 12.8 Å². The van der Waals surface area contributed by atoms with Crippen molar-refractivity contribution in [3.05, 3.63) is 31.9 Å². The third-order valence-corrected chi connectivity index (χ3v) is 5.68. The topological polar surface area (TPSA) is 116 Å². The first-order valence-electron chi connectivity index (χ1n) is 8.11. The molecule has 0 aliphatic heterocycles. The number of thiophene rings is 1. The first kappa shape index (κ1) is 22.9. The number of rotatable bonds is 6. The van der Waals surface area contributed by atoms with Crippen LogP contribution < -0.4 is 11.1 Å². The van der Waals surface area contributed by atoms with Crippen LogP contribution in [0.3, 0.4) is 0 Å². The number of nitrogens with zero attached hydrogens (tertiary/aromatic N) is 2. The Bertz CT molecular complexity index is 984. The van der Waals surface area contributed by atoms with Crippen molar-refractivity contribution in [2.45, 2.75) is 26.4 Å². The van der Waals surface area contributed by atoms with Gasteiger partial charge >= 0.3 is 12.1 Å². The van der Waals surface area contributed by atoms with E-state index in [4.69, 9.17) is 10.5 Å². The van der Waals surface area contributed by atoms with E-state index in [1.807, 2.05) is 0 Å². The second-order valence-corrected chi connectivity index (χ2v) is 7.66. The van der Waals surface area contributed by atoms with E-state index in [1.54, 1.807) is 6.92 Å². The van der Waals surface area contributed by atoms with Crippen LogP contribution in [0.2, 0.25) is 0 Å². The Hall–Kier alpha value is -2.41. The van der Waals surface area contributed by atoms with E-state index in [9.17, 15) is 27.6 Å². The van der Waals surface area contributed by atoms with Crippen molar-refractivity contribution in [1.82, 2.24) is 9.78 Å². The van der Waals surface area contributed by atoms with E-state index in [0.717, 1.165) is 16.0 Å². The van der Waals surface area contributed by atoms with E-state index in [0.29, 0.717) is 6.42 Å². The quantitative estimate of drug-likeness (QED) is 0.593. The molecule has 0 saturated carbocycles. The number of nitrogens with one attached hydrogen (secondary N) is 1. The zero-order valence-electron chi connectivity index (χ0n) is 15.4. The maximum atomic E-state index is 13.0. The van der Waals surface area contributed by atoms with Crippen LogP contribution in [0.5, 0.6) is 0 Å². The van der Waals surface area contributed by atoms with Gasteiger partial charge in [0.1, 0.15) is 10.7 Å². The molecule has 158 valence electrons. The summed E-state index contributed by atoms with van der Waals surface area (Å²) in [6.45, 7) is 3.34. The molecule has 8 nitrogen and oxygen atoms in total. The van der Waals surface area contributed by atoms with Crippen LogP contribution >= 0.6 is 27.3 Å². The van der Waals surface area contributed by atoms with Gasteiger partial charge in [0.15, 0.2) is 5.69 Å². The molecule has 0 aromatic carbocycles. The van der Waals surface area contributed by atoms with Gasteiger partial charge in [-0.15, -0.1) is 11.3 Å². The fraction of sp³-hybridized carbons (Fsp3) is 0.375. The third-order valence-electron chi connectivity index (χ3n) is 3.71. The molecule has 3 N–H and O–H groups in total. The van der Waals surface area contributed by atoms with Gasteiger partial charge in [-0.2, -0.15) is 18.3 Å². The number of hydrogen-bond acceptors (Lipinski definition) is 6. The van der Waals surface area contributed by atoms with Gasteiger partial charge in [0.05, 0.1) is 21.5 Å². The molecule has 2 heterocycles. The molecule has 0 spiro atoms. The zero-order chi connectivity index (χ0) is 22.1. The summed E-state index contributed by atoms with van der Waals surface area (Å²) >= 11 is 3.48. The molecule has 0 atom stereocenters. The molecule has 2 amide bonds. The molecule has 29 heavy (non-hydrogen) atoms. The Morgan fingerprint density at radius 3 is 2.45 bits per heavy atom. The van der Waals surface area contributed by atoms with E-state index >= 15 is 0 Å². The molecule has 0 radical (unpaired) electrons. The van der Waals surface area contributed by atoms with Crippen LogP contribution in [0, 0.1) is 6.92 Å². The number of halogens is 4. The molecular weight excluding hydrogens is 481 g/mol. The summed E-state index contributed by atoms with van der Waals surface area (Å²) in [5.74, 6) is -2.58. The predicted molar refractivity (Wildman–Crippen MR) is 102 cm³/mol. The van der Waals surface area contributed by atoms with Crippen LogP contribution in [-0.4, -0.2) is 34.2 Å². The Labute approximate surface area is 175 Å². The number of hydrogen-bond donors (Lipinski definition) is 2. The maximum absolute atomic E-state index is 13.0. The third kappa shape index (κ3) is 4.61. The normalized spacial score (nSPS) is 11.4. The van der Waals surface area contributed by atoms with E-state index in [2.05, 4.69) is 26.3 Å². The first-order chi connectivity index (χ1) is 13.4. The zero-order valence-corrected chi connectivity index (χ0v) is 17.8. The molecule has 0 fully saturated rings. The summed E-state index contributed by atoms with van der Waals surface area (Å²) in [6, 6.07) is 0. The minimum Gasteiger partial charge on any atom is -0.462 e. The average Bonchev–Trinajstić information content (AvgIpc) is 3.08. The molecule has 0 bridgehead atoms. The lowest BCUT2D eigenvalue weighted by molar-refractivity contribution is -0.142. The smallest absolute Gasteiger partial charge is 0.436 e. The Morgan fingerprint density at radius 1 is 1.34 bits per heavy atom. The molecule has 2 rings (SSSR count). The number of carbonyl (C=O) groups is 3. The van der Waals surface area contributed by atoms with Gasteiger partial charge in [0.2, 0.25) is 0 Å². The summed E-state index contributed by atoms with van der Waals surface area (Å²) in [5, 5.41) is 5.61. The van der Waals surface area contributed by atoms with Crippen molar-refractivity contribution in [3.63, 3.8) is 0 Å². The van der Waals surface area contributed by atoms with Crippen molar-refractivity contribution in [1.29, 1.82) is 0 Å². The summed E-state index contributed by atoms with van der Waals surface area (Å²) < 4.78 is 44.3. The van der Waals surface area contributed by atoms with Crippen LogP contribution in [-0.2, 0) is 18.0 Å². The summed E-state index contributed by atoms with van der Waals surface area (Å²) in [6.07, 6.45) is -4.23. The monoisotopic (exact) mass is 496 g/mol. The standard InChI is InChI=1S/C16H16BrF3N4O4S/c1-4-5-28-15(27)7-6(2)10(12(21)25)29-14(7)22-13(26)9-8(17)11(16(18,19)20)23-24(9)3/h4-5H2,1-3H3,(H2,21,25)(H,22,26). The second-order valence-electron chi connectivity index (χ2n) is 5.85. The summed E-state index contributed by atoms with van der Waals surface area (Å²) in [4.78, 5) is 36.7. The Balaban J connectivity index is 2.48. The number of amides is 2. The van der Waals surface area contributed by atoms with Gasteiger partial charge < -0.3 is 15.8 Å². The average molecular weight is 497 g/mol. The molecule has 0 aliphatic rings. The van der Waals surface area contributed by atoms with E-state index in [1.165, 1.54) is 14.0 Å². The van der Waals surface area contributed by atoms with Gasteiger partial charge in [-0.25, -0.2) is 4.79 Å². The number of aromatic nitrogens is 2. The van der Waals surface area contributed by atoms with Crippen molar-refractivity contribution < 1.29 is 32.3 Å². The fourth-order valence-corrected chi connectivity index (χ4v) is 4.22. The van der Waals surface area contributed by atoms with Crippen LogP contribution in [0.1, 0.15) is 55.1 Å². The Morgan fingerprint density at radius 2 is 1.97 bits per heavy atom. The minimum absolute atomic E-state index is 0.0174. The molecule has 2 aromatic heterocycles. The SMILES string of the molecule is CCCOC(=O)c1c(NC(=O)c2c(Br)c(C(F)(F)F)nn2C)sc(C(N)=O)c1C. The lowest BCUT2D eigenvalue weighted by Crippen LogP contribution is -2.18. The summed E-state index contributed by atoms with van der Waals surface area (Å²) in [5.41, 5.74) is 3.73. The first-order valence-corrected chi connectivity index (χ1v) is 9.72. The highest BCUT2D eigenvalue weighted by atomic mass is 79.9. The molecule has 2 aromatic rings. The number of ether oxygens (including phenoxy) is 1. The number of alkyl halides is 3. The highest BCUT2D eigenvalue weighted by Crippen LogP contribution is 2.37. The molecule has 0 saturated heterocycles. The minimum atomic E-state index is -4.77. The molecular formula is C16H16BrF3N4O4S. The second kappa shape index (κ2) is 8.53. The number of carbonyl (C=O) groups excluding carboxylic acids is 3. The van der Waals surface area contributed by atoms with Gasteiger partial charge in [-0.1, -0.05) is 6.92 Å². The van der Waals surface area contributed by atoms with E-state index in [-0.39, 0.29) is 27.6 Å². The lowest BCUT2D eigenvalue weighted by Gasteiger charge is -2.08.